The van der Waals surface area contributed by atoms with Gasteiger partial charge in [-0.25, -0.2) is 4.39 Å². The van der Waals surface area contributed by atoms with Gasteiger partial charge in [0.2, 0.25) is 0 Å². The zero-order valence-corrected chi connectivity index (χ0v) is 9.42. The number of halogens is 1. The van der Waals surface area contributed by atoms with Crippen LogP contribution in [0.4, 0.5) is 4.39 Å². The molecule has 0 radical (unpaired) electrons. The van der Waals surface area contributed by atoms with Gasteiger partial charge in [-0.1, -0.05) is 18.2 Å². The van der Waals surface area contributed by atoms with Crippen LogP contribution >= 0.6 is 0 Å². The van der Waals surface area contributed by atoms with Gasteiger partial charge in [0.05, 0.1) is 0 Å². The van der Waals surface area contributed by atoms with Gasteiger partial charge in [0.1, 0.15) is 18.0 Å². The molecule has 1 heterocycles. The minimum Gasteiger partial charge on any atom is -0.302 e. The average Bonchev–Trinajstić information content (AvgIpc) is 2.42. The minimum atomic E-state index is -1.13. The Labute approximate surface area is 103 Å². The number of benzene rings is 1. The number of ketones is 1. The molecule has 1 unspecified atom stereocenters. The van der Waals surface area contributed by atoms with E-state index in [9.17, 15) is 14.0 Å². The topological polar surface area (TPSA) is 47.0 Å². The largest absolute Gasteiger partial charge is 0.302 e. The highest BCUT2D eigenvalue weighted by molar-refractivity contribution is 6.09. The van der Waals surface area contributed by atoms with Gasteiger partial charge >= 0.3 is 0 Å². The van der Waals surface area contributed by atoms with E-state index in [1.807, 2.05) is 0 Å². The second kappa shape index (κ2) is 5.31. The Kier molecular flexibility index (Phi) is 3.57. The third-order valence-corrected chi connectivity index (χ3v) is 2.60. The van der Waals surface area contributed by atoms with Gasteiger partial charge in [-0.3, -0.25) is 9.78 Å². The fourth-order valence-corrected chi connectivity index (χ4v) is 1.69. The zero-order valence-electron chi connectivity index (χ0n) is 9.42. The summed E-state index contributed by atoms with van der Waals surface area (Å²) >= 11 is 0. The molecule has 2 aromatic rings. The summed E-state index contributed by atoms with van der Waals surface area (Å²) in [6.07, 6.45) is 3.34. The molecule has 0 saturated carbocycles. The molecular weight excluding hydrogens is 233 g/mol. The monoisotopic (exact) mass is 243 g/mol. The van der Waals surface area contributed by atoms with Gasteiger partial charge < -0.3 is 4.79 Å². The van der Waals surface area contributed by atoms with E-state index in [2.05, 4.69) is 4.98 Å². The lowest BCUT2D eigenvalue weighted by Crippen LogP contribution is -2.15. The van der Waals surface area contributed by atoms with E-state index in [-0.39, 0.29) is 11.1 Å². The first-order chi connectivity index (χ1) is 8.74. The summed E-state index contributed by atoms with van der Waals surface area (Å²) in [5.74, 6) is -2.15. The van der Waals surface area contributed by atoms with Crippen LogP contribution in [0.2, 0.25) is 0 Å². The Hall–Kier alpha value is -2.36. The Morgan fingerprint density at radius 3 is 2.61 bits per heavy atom. The van der Waals surface area contributed by atoms with Gasteiger partial charge in [0.15, 0.2) is 5.78 Å². The van der Waals surface area contributed by atoms with E-state index < -0.39 is 17.5 Å². The molecule has 3 nitrogen and oxygen atoms in total. The van der Waals surface area contributed by atoms with E-state index in [1.165, 1.54) is 30.6 Å². The summed E-state index contributed by atoms with van der Waals surface area (Å²) in [4.78, 5) is 27.0. The molecule has 2 rings (SSSR count). The van der Waals surface area contributed by atoms with Crippen molar-refractivity contribution in [1.29, 1.82) is 0 Å². The summed E-state index contributed by atoms with van der Waals surface area (Å²) < 4.78 is 13.6. The molecule has 0 amide bonds. The first kappa shape index (κ1) is 12.1. The molecule has 0 spiro atoms. The van der Waals surface area contributed by atoms with E-state index in [1.54, 1.807) is 18.2 Å². The Morgan fingerprint density at radius 1 is 1.22 bits per heavy atom. The normalized spacial score (nSPS) is 11.8. The third-order valence-electron chi connectivity index (χ3n) is 2.60. The van der Waals surface area contributed by atoms with Crippen LogP contribution in [0.15, 0.2) is 48.8 Å². The molecule has 0 aliphatic heterocycles. The van der Waals surface area contributed by atoms with E-state index in [0.29, 0.717) is 6.29 Å². The number of pyridine rings is 1. The predicted molar refractivity (Wildman–Crippen MR) is 63.8 cm³/mol. The number of carbonyl (C=O) groups excluding carboxylic acids is 2. The number of nitrogens with zero attached hydrogens (tertiary/aromatic N) is 1. The van der Waals surface area contributed by atoms with Crippen molar-refractivity contribution in [3.8, 4) is 0 Å². The zero-order chi connectivity index (χ0) is 13.0. The first-order valence-corrected chi connectivity index (χ1v) is 5.38. The van der Waals surface area contributed by atoms with Crippen molar-refractivity contribution in [2.75, 3.05) is 0 Å². The van der Waals surface area contributed by atoms with Crippen molar-refractivity contribution < 1.29 is 14.0 Å². The number of aromatic nitrogens is 1. The van der Waals surface area contributed by atoms with Gasteiger partial charge in [0, 0.05) is 23.5 Å². The summed E-state index contributed by atoms with van der Waals surface area (Å²) in [7, 11) is 0. The van der Waals surface area contributed by atoms with Crippen LogP contribution in [0, 0.1) is 5.82 Å². The minimum absolute atomic E-state index is 0.0846. The average molecular weight is 243 g/mol. The highest BCUT2D eigenvalue weighted by Crippen LogP contribution is 2.21. The lowest BCUT2D eigenvalue weighted by molar-refractivity contribution is -0.108. The van der Waals surface area contributed by atoms with Crippen LogP contribution in [0.3, 0.4) is 0 Å². The number of rotatable bonds is 4. The van der Waals surface area contributed by atoms with Crippen molar-refractivity contribution in [3.63, 3.8) is 0 Å². The Morgan fingerprint density at radius 2 is 2.00 bits per heavy atom. The molecule has 1 atom stereocenters. The Bertz CT molecular complexity index is 569. The number of hydrogen-bond donors (Lipinski definition) is 0. The van der Waals surface area contributed by atoms with E-state index in [0.717, 1.165) is 0 Å². The summed E-state index contributed by atoms with van der Waals surface area (Å²) in [5, 5.41) is 0. The Balaban J connectivity index is 2.39. The molecule has 90 valence electrons. The first-order valence-electron chi connectivity index (χ1n) is 5.38. The van der Waals surface area contributed by atoms with Crippen LogP contribution < -0.4 is 0 Å². The van der Waals surface area contributed by atoms with Crippen LogP contribution in [0.25, 0.3) is 0 Å². The maximum absolute atomic E-state index is 13.6. The van der Waals surface area contributed by atoms with Gasteiger partial charge in [0.25, 0.3) is 0 Å². The fraction of sp³-hybridized carbons (Fsp3) is 0.0714. The van der Waals surface area contributed by atoms with E-state index in [4.69, 9.17) is 0 Å². The fourth-order valence-electron chi connectivity index (χ4n) is 1.69. The molecule has 1 aromatic heterocycles. The van der Waals surface area contributed by atoms with Crippen molar-refractivity contribution in [2.45, 2.75) is 5.92 Å². The molecule has 0 bridgehead atoms. The van der Waals surface area contributed by atoms with Gasteiger partial charge in [-0.15, -0.1) is 0 Å². The molecule has 18 heavy (non-hydrogen) atoms. The number of Topliss-reactive ketones (excluding diaryl/α,β-unsaturated/α-hetero) is 1. The molecule has 1 aromatic carbocycles. The molecule has 0 N–H and O–H groups in total. The van der Waals surface area contributed by atoms with Gasteiger partial charge in [-0.05, 0) is 18.2 Å². The third kappa shape index (κ3) is 2.32. The molecule has 4 heteroatoms. The maximum atomic E-state index is 13.6. The summed E-state index contributed by atoms with van der Waals surface area (Å²) in [6.45, 7) is 0. The predicted octanol–water partition coefficient (Wildman–Crippen LogP) is 2.39. The molecular formula is C14H10FNO2. The second-order valence-corrected chi connectivity index (χ2v) is 3.74. The van der Waals surface area contributed by atoms with Crippen molar-refractivity contribution in [1.82, 2.24) is 4.98 Å². The number of hydrogen-bond acceptors (Lipinski definition) is 3. The molecule has 0 aliphatic carbocycles. The van der Waals surface area contributed by atoms with Crippen molar-refractivity contribution in [3.05, 3.63) is 65.7 Å². The molecule has 0 fully saturated rings. The lowest BCUT2D eigenvalue weighted by atomic mass is 9.92. The van der Waals surface area contributed by atoms with Crippen LogP contribution in [-0.2, 0) is 4.79 Å². The number of carbonyl (C=O) groups is 2. The lowest BCUT2D eigenvalue weighted by Gasteiger charge is -2.10. The summed E-state index contributed by atoms with van der Waals surface area (Å²) in [6, 6.07) is 8.90. The number of aldehydes is 1. The highest BCUT2D eigenvalue weighted by Gasteiger charge is 2.24. The standard InChI is InChI=1S/C14H10FNO2/c15-13-6-2-1-5-11(13)12(9-17)14(18)10-4-3-7-16-8-10/h1-9,12H. The van der Waals surface area contributed by atoms with Crippen LogP contribution in [0.1, 0.15) is 21.8 Å². The quantitative estimate of drug-likeness (QED) is 0.470. The van der Waals surface area contributed by atoms with E-state index >= 15 is 0 Å². The molecule has 0 saturated heterocycles. The maximum Gasteiger partial charge on any atom is 0.179 e. The second-order valence-electron chi connectivity index (χ2n) is 3.74. The van der Waals surface area contributed by atoms with Crippen molar-refractivity contribution >= 4 is 12.1 Å². The van der Waals surface area contributed by atoms with Gasteiger partial charge in [-0.2, -0.15) is 0 Å². The summed E-state index contributed by atoms with van der Waals surface area (Å²) in [5.41, 5.74) is 0.374. The highest BCUT2D eigenvalue weighted by atomic mass is 19.1. The van der Waals surface area contributed by atoms with Crippen molar-refractivity contribution in [2.24, 2.45) is 0 Å². The smallest absolute Gasteiger partial charge is 0.179 e. The SMILES string of the molecule is O=CC(C(=O)c1cccnc1)c1ccccc1F. The van der Waals surface area contributed by atoms with Crippen LogP contribution in [-0.4, -0.2) is 17.1 Å². The van der Waals surface area contributed by atoms with Crippen LogP contribution in [0.5, 0.6) is 0 Å². The molecule has 0 aliphatic rings.